The molecular formula is C28H30FIN4O. The van der Waals surface area contributed by atoms with Crippen molar-refractivity contribution in [1.29, 1.82) is 0 Å². The predicted octanol–water partition coefficient (Wildman–Crippen LogP) is 5.96. The van der Waals surface area contributed by atoms with E-state index < -0.39 is 5.41 Å². The second kappa shape index (κ2) is 9.00. The van der Waals surface area contributed by atoms with Crippen molar-refractivity contribution >= 4 is 34.5 Å². The Hall–Kier alpha value is -2.26. The molecule has 182 valence electrons. The van der Waals surface area contributed by atoms with Gasteiger partial charge in [-0.25, -0.2) is 7.29 Å². The van der Waals surface area contributed by atoms with Gasteiger partial charge in [0.05, 0.1) is 41.0 Å². The zero-order valence-corrected chi connectivity index (χ0v) is 22.1. The third kappa shape index (κ3) is 4.00. The normalized spacial score (nSPS) is 26.6. The van der Waals surface area contributed by atoms with Gasteiger partial charge in [0.15, 0.2) is 0 Å². The van der Waals surface area contributed by atoms with Crippen LogP contribution in [0.15, 0.2) is 54.9 Å². The summed E-state index contributed by atoms with van der Waals surface area (Å²) in [7, 11) is 0. The molecule has 7 heteroatoms. The maximum absolute atomic E-state index is 15.2. The fourth-order valence-corrected chi connectivity index (χ4v) is 6.80. The lowest BCUT2D eigenvalue weighted by Crippen LogP contribution is -2.44. The third-order valence-electron chi connectivity index (χ3n) is 8.43. The Labute approximate surface area is 219 Å². The highest BCUT2D eigenvalue weighted by Gasteiger charge is 2.55. The Morgan fingerprint density at radius 2 is 1.91 bits per heavy atom. The third-order valence-corrected chi connectivity index (χ3v) is 8.96. The summed E-state index contributed by atoms with van der Waals surface area (Å²) >= 11 is 2.07. The van der Waals surface area contributed by atoms with Crippen molar-refractivity contribution in [3.63, 3.8) is 0 Å². The van der Waals surface area contributed by atoms with Gasteiger partial charge in [-0.3, -0.25) is 9.69 Å². The van der Waals surface area contributed by atoms with E-state index in [4.69, 9.17) is 0 Å². The summed E-state index contributed by atoms with van der Waals surface area (Å²) in [5.74, 6) is 0.644. The number of rotatable bonds is 4. The number of likely N-dealkylation sites (tertiary alicyclic amines) is 1. The molecule has 0 N–H and O–H groups in total. The highest BCUT2D eigenvalue weighted by atomic mass is 127. The van der Waals surface area contributed by atoms with Crippen molar-refractivity contribution in [2.45, 2.75) is 57.0 Å². The Morgan fingerprint density at radius 3 is 2.66 bits per heavy atom. The molecule has 1 saturated carbocycles. The van der Waals surface area contributed by atoms with E-state index in [9.17, 15) is 4.79 Å². The Morgan fingerprint density at radius 1 is 1.11 bits per heavy atom. The molecule has 1 amide bonds. The molecule has 2 fully saturated rings. The molecule has 3 heterocycles. The van der Waals surface area contributed by atoms with Crippen LogP contribution >= 0.6 is 22.9 Å². The quantitative estimate of drug-likeness (QED) is 0.356. The van der Waals surface area contributed by atoms with Gasteiger partial charge in [0.2, 0.25) is 5.91 Å². The number of hydrogen-bond acceptors (Lipinski definition) is 3. The van der Waals surface area contributed by atoms with Gasteiger partial charge >= 0.3 is 0 Å². The van der Waals surface area contributed by atoms with Gasteiger partial charge in [-0.15, -0.1) is 0 Å². The van der Waals surface area contributed by atoms with E-state index in [1.165, 1.54) is 25.7 Å². The van der Waals surface area contributed by atoms with Crippen LogP contribution in [0.4, 0.5) is 10.1 Å². The second-order valence-corrected chi connectivity index (χ2v) is 11.5. The number of benzene rings is 2. The van der Waals surface area contributed by atoms with Crippen LogP contribution in [0.5, 0.6) is 0 Å². The maximum atomic E-state index is 15.2. The smallest absolute Gasteiger partial charge is 0.239 e. The number of carbonyl (C=O) groups is 1. The molecule has 1 aliphatic carbocycles. The van der Waals surface area contributed by atoms with Gasteiger partial charge in [-0.2, -0.15) is 5.10 Å². The van der Waals surface area contributed by atoms with Gasteiger partial charge in [-0.05, 0) is 67.8 Å². The molecule has 2 aromatic carbocycles. The Bertz CT molecular complexity index is 1270. The molecule has 5 nitrogen and oxygen atoms in total. The predicted molar refractivity (Wildman–Crippen MR) is 144 cm³/mol. The molecule has 0 bridgehead atoms. The van der Waals surface area contributed by atoms with Crippen LogP contribution in [0.25, 0.3) is 11.1 Å². The fourth-order valence-electron chi connectivity index (χ4n) is 6.38. The first kappa shape index (κ1) is 23.2. The maximum Gasteiger partial charge on any atom is 0.239 e. The number of carbonyl (C=O) groups excluding carboxylic acids is 1. The monoisotopic (exact) mass is 584 g/mol. The van der Waals surface area contributed by atoms with Crippen molar-refractivity contribution in [3.8, 4) is 11.1 Å². The van der Waals surface area contributed by atoms with E-state index in [1.807, 2.05) is 35.4 Å². The largest absolute Gasteiger partial charge is 0.307 e. The highest BCUT2D eigenvalue weighted by Crippen LogP contribution is 2.49. The lowest BCUT2D eigenvalue weighted by Gasteiger charge is -2.34. The number of hydrogen-bond donors (Lipinski definition) is 0. The number of nitrogens with zero attached hydrogens (tertiary/aromatic N) is 4. The van der Waals surface area contributed by atoms with Crippen molar-refractivity contribution in [1.82, 2.24) is 12.9 Å². The first-order valence-corrected chi connectivity index (χ1v) is 13.6. The summed E-state index contributed by atoms with van der Waals surface area (Å²) < 4.78 is 16.9. The molecule has 3 aromatic rings. The minimum atomic E-state index is -0.509. The lowest BCUT2D eigenvalue weighted by atomic mass is 9.80. The van der Waals surface area contributed by atoms with Crippen LogP contribution < -0.4 is 4.90 Å². The number of fused-ring (bicyclic) bond motifs is 2. The molecule has 0 radical (unpaired) electrons. The van der Waals surface area contributed by atoms with Crippen LogP contribution in [-0.2, 0) is 16.8 Å². The van der Waals surface area contributed by atoms with Crippen LogP contribution in [-0.4, -0.2) is 37.9 Å². The van der Waals surface area contributed by atoms with Gasteiger partial charge in [0, 0.05) is 35.6 Å². The molecule has 35 heavy (non-hydrogen) atoms. The molecule has 6 rings (SSSR count). The number of anilines is 1. The zero-order chi connectivity index (χ0) is 24.2. The highest BCUT2D eigenvalue weighted by molar-refractivity contribution is 14.1. The average molecular weight is 584 g/mol. The number of amides is 1. The van der Waals surface area contributed by atoms with Crippen molar-refractivity contribution < 1.29 is 9.18 Å². The van der Waals surface area contributed by atoms with E-state index >= 15 is 4.39 Å². The summed E-state index contributed by atoms with van der Waals surface area (Å²) in [6.45, 7) is 4.33. The van der Waals surface area contributed by atoms with Crippen LogP contribution in [0.3, 0.4) is 0 Å². The molecule has 1 atom stereocenters. The van der Waals surface area contributed by atoms with Crippen molar-refractivity contribution in [2.75, 3.05) is 18.0 Å². The minimum Gasteiger partial charge on any atom is -0.307 e. The van der Waals surface area contributed by atoms with E-state index in [0.717, 1.165) is 47.8 Å². The lowest BCUT2D eigenvalue weighted by molar-refractivity contribution is -0.123. The van der Waals surface area contributed by atoms with Gasteiger partial charge < -0.3 is 4.90 Å². The molecule has 3 aliphatic rings. The zero-order valence-electron chi connectivity index (χ0n) is 20.0. The van der Waals surface area contributed by atoms with Gasteiger partial charge in [0.25, 0.3) is 0 Å². The van der Waals surface area contributed by atoms with Crippen LogP contribution in [0.2, 0.25) is 0 Å². The second-order valence-electron chi connectivity index (χ2n) is 10.5. The van der Waals surface area contributed by atoms with Gasteiger partial charge in [0.1, 0.15) is 5.82 Å². The summed E-state index contributed by atoms with van der Waals surface area (Å²) in [6.07, 6.45) is 9.43. The first-order valence-electron chi connectivity index (χ1n) is 12.6. The summed E-state index contributed by atoms with van der Waals surface area (Å²) in [4.78, 5) is 18.4. The first-order chi connectivity index (χ1) is 16.9. The SMILES string of the molecule is CC1CCC(N2CCC3(C2)C(=O)N(Cc2ccc(-c4cnn(I)c4)cc2F)c2ccccc23)CC1. The summed E-state index contributed by atoms with van der Waals surface area (Å²) in [5.41, 5.74) is 3.73. The van der Waals surface area contributed by atoms with E-state index in [0.29, 0.717) is 11.6 Å². The molecular weight excluding hydrogens is 554 g/mol. The molecule has 1 saturated heterocycles. The number of halogens is 2. The standard InChI is InChI=1S/C28H30FIN4O/c1-19-6-10-23(11-7-19)32-13-12-28(18-32)24-4-2-3-5-26(24)33(27(28)35)16-21-9-8-20(14-25(21)29)22-15-31-34(30)17-22/h2-5,8-9,14-15,17,19,23H,6-7,10-13,16,18H2,1H3. The van der Waals surface area contributed by atoms with Gasteiger partial charge in [-0.1, -0.05) is 37.3 Å². The molecule has 1 aromatic heterocycles. The molecule has 1 unspecified atom stereocenters. The fraction of sp³-hybridized carbons (Fsp3) is 0.429. The molecule has 2 aliphatic heterocycles. The van der Waals surface area contributed by atoms with Crippen LogP contribution in [0.1, 0.15) is 50.2 Å². The van der Waals surface area contributed by atoms with Crippen molar-refractivity contribution in [3.05, 3.63) is 71.8 Å². The average Bonchev–Trinajstić information content (AvgIpc) is 3.56. The minimum absolute atomic E-state index is 0.125. The number of aromatic nitrogens is 2. The van der Waals surface area contributed by atoms with Crippen molar-refractivity contribution in [2.24, 2.45) is 5.92 Å². The van der Waals surface area contributed by atoms with E-state index in [1.54, 1.807) is 21.2 Å². The number of para-hydroxylation sites is 1. The van der Waals surface area contributed by atoms with E-state index in [2.05, 4.69) is 45.9 Å². The summed E-state index contributed by atoms with van der Waals surface area (Å²) in [6, 6.07) is 14.0. The molecule has 1 spiro atoms. The van der Waals surface area contributed by atoms with Crippen LogP contribution in [0, 0.1) is 11.7 Å². The summed E-state index contributed by atoms with van der Waals surface area (Å²) in [5, 5.41) is 4.17. The Balaban J connectivity index is 1.27. The van der Waals surface area contributed by atoms with E-state index in [-0.39, 0.29) is 18.3 Å². The topological polar surface area (TPSA) is 41.4 Å². The Kier molecular flexibility index (Phi) is 5.95.